The number of halogens is 1. The fourth-order valence-corrected chi connectivity index (χ4v) is 3.42. The third-order valence-corrected chi connectivity index (χ3v) is 4.97. The minimum absolute atomic E-state index is 0.0139. The van der Waals surface area contributed by atoms with E-state index in [4.69, 9.17) is 0 Å². The van der Waals surface area contributed by atoms with Crippen LogP contribution in [0.2, 0.25) is 0 Å². The number of fused-ring (bicyclic) bond motifs is 1. The standard InChI is InChI=1S/C21H20FN3O/c1-14-6-7-15(11-19(14)22)10-16-4-2-3-5-18(16)21(26)25-9-8-20-17(13-25)12-23-24-20/h2-7,11-12H,8-10,13H2,1H3,(H,23,24). The summed E-state index contributed by atoms with van der Waals surface area (Å²) in [6.45, 7) is 2.98. The lowest BCUT2D eigenvalue weighted by atomic mass is 9.97. The average molecular weight is 349 g/mol. The normalized spacial score (nSPS) is 13.5. The van der Waals surface area contributed by atoms with E-state index < -0.39 is 0 Å². The van der Waals surface area contributed by atoms with Gasteiger partial charge in [0.05, 0.1) is 6.20 Å². The SMILES string of the molecule is Cc1ccc(Cc2ccccc2C(=O)N2CCc3[nH]ncc3C2)cc1F. The Morgan fingerprint density at radius 3 is 2.96 bits per heavy atom. The van der Waals surface area contributed by atoms with E-state index in [0.717, 1.165) is 28.8 Å². The van der Waals surface area contributed by atoms with Gasteiger partial charge in [-0.2, -0.15) is 5.10 Å². The molecule has 1 aliphatic heterocycles. The van der Waals surface area contributed by atoms with Crippen molar-refractivity contribution in [3.8, 4) is 0 Å². The fourth-order valence-electron chi connectivity index (χ4n) is 3.42. The molecule has 0 atom stereocenters. The lowest BCUT2D eigenvalue weighted by Crippen LogP contribution is -2.36. The molecule has 0 aliphatic carbocycles. The van der Waals surface area contributed by atoms with Crippen LogP contribution in [0.3, 0.4) is 0 Å². The number of rotatable bonds is 3. The van der Waals surface area contributed by atoms with E-state index in [2.05, 4.69) is 10.2 Å². The van der Waals surface area contributed by atoms with E-state index in [0.29, 0.717) is 30.6 Å². The molecule has 0 saturated carbocycles. The van der Waals surface area contributed by atoms with Gasteiger partial charge in [-0.25, -0.2) is 4.39 Å². The summed E-state index contributed by atoms with van der Waals surface area (Å²) in [5.74, 6) is -0.199. The first-order valence-corrected chi connectivity index (χ1v) is 8.75. The maximum absolute atomic E-state index is 13.9. The van der Waals surface area contributed by atoms with Crippen molar-refractivity contribution >= 4 is 5.91 Å². The highest BCUT2D eigenvalue weighted by Crippen LogP contribution is 2.22. The molecule has 0 fully saturated rings. The van der Waals surface area contributed by atoms with Crippen molar-refractivity contribution < 1.29 is 9.18 Å². The maximum Gasteiger partial charge on any atom is 0.254 e. The topological polar surface area (TPSA) is 49.0 Å². The number of aromatic nitrogens is 2. The van der Waals surface area contributed by atoms with Crippen molar-refractivity contribution in [2.24, 2.45) is 0 Å². The molecule has 2 aromatic carbocycles. The number of amides is 1. The Hall–Kier alpha value is -2.95. The molecule has 0 saturated heterocycles. The fraction of sp³-hybridized carbons (Fsp3) is 0.238. The third kappa shape index (κ3) is 3.12. The van der Waals surface area contributed by atoms with Crippen molar-refractivity contribution in [3.05, 3.63) is 88.0 Å². The zero-order valence-electron chi connectivity index (χ0n) is 14.6. The lowest BCUT2D eigenvalue weighted by molar-refractivity contribution is 0.0733. The van der Waals surface area contributed by atoms with Crippen LogP contribution in [0.1, 0.15) is 38.3 Å². The molecule has 3 aromatic rings. The number of nitrogens with zero attached hydrogens (tertiary/aromatic N) is 2. The van der Waals surface area contributed by atoms with Gasteiger partial charge in [-0.3, -0.25) is 9.89 Å². The second-order valence-corrected chi connectivity index (χ2v) is 6.77. The Morgan fingerprint density at radius 2 is 2.12 bits per heavy atom. The summed E-state index contributed by atoms with van der Waals surface area (Å²) >= 11 is 0. The van der Waals surface area contributed by atoms with Gasteiger partial charge in [0.2, 0.25) is 0 Å². The quantitative estimate of drug-likeness (QED) is 0.785. The van der Waals surface area contributed by atoms with E-state index in [1.165, 1.54) is 0 Å². The Labute approximate surface area is 151 Å². The van der Waals surface area contributed by atoms with Crippen molar-refractivity contribution in [2.45, 2.75) is 26.3 Å². The van der Waals surface area contributed by atoms with E-state index in [1.54, 1.807) is 25.3 Å². The summed E-state index contributed by atoms with van der Waals surface area (Å²) in [6, 6.07) is 12.8. The number of aryl methyl sites for hydroxylation is 1. The van der Waals surface area contributed by atoms with Crippen molar-refractivity contribution in [3.63, 3.8) is 0 Å². The van der Waals surface area contributed by atoms with Crippen LogP contribution in [0.4, 0.5) is 4.39 Å². The zero-order valence-corrected chi connectivity index (χ0v) is 14.6. The number of H-pyrrole nitrogens is 1. The smallest absolute Gasteiger partial charge is 0.254 e. The number of hydrogen-bond donors (Lipinski definition) is 1. The third-order valence-electron chi connectivity index (χ3n) is 4.97. The van der Waals surface area contributed by atoms with Gasteiger partial charge in [-0.05, 0) is 42.2 Å². The Morgan fingerprint density at radius 1 is 1.27 bits per heavy atom. The molecule has 0 radical (unpaired) electrons. The molecule has 0 bridgehead atoms. The van der Waals surface area contributed by atoms with Crippen LogP contribution < -0.4 is 0 Å². The Kier molecular flexibility index (Phi) is 4.29. The number of nitrogens with one attached hydrogen (secondary N) is 1. The van der Waals surface area contributed by atoms with Gasteiger partial charge in [-0.1, -0.05) is 30.3 Å². The maximum atomic E-state index is 13.9. The largest absolute Gasteiger partial charge is 0.334 e. The summed E-state index contributed by atoms with van der Waals surface area (Å²) in [5, 5.41) is 7.05. The Balaban J connectivity index is 1.59. The van der Waals surface area contributed by atoms with Gasteiger partial charge in [0.25, 0.3) is 5.91 Å². The number of benzene rings is 2. The highest BCUT2D eigenvalue weighted by atomic mass is 19.1. The molecule has 4 rings (SSSR count). The summed E-state index contributed by atoms with van der Waals surface area (Å²) in [7, 11) is 0. The predicted octanol–water partition coefficient (Wildman–Crippen LogP) is 3.65. The van der Waals surface area contributed by atoms with Gasteiger partial charge in [-0.15, -0.1) is 0 Å². The minimum atomic E-state index is -0.213. The highest BCUT2D eigenvalue weighted by Gasteiger charge is 2.24. The van der Waals surface area contributed by atoms with E-state index in [-0.39, 0.29) is 11.7 Å². The second-order valence-electron chi connectivity index (χ2n) is 6.77. The molecule has 2 heterocycles. The first-order valence-electron chi connectivity index (χ1n) is 8.75. The Bertz CT molecular complexity index is 963. The second kappa shape index (κ2) is 6.75. The monoisotopic (exact) mass is 349 g/mol. The van der Waals surface area contributed by atoms with E-state index >= 15 is 0 Å². The van der Waals surface area contributed by atoms with Gasteiger partial charge in [0, 0.05) is 36.3 Å². The van der Waals surface area contributed by atoms with Crippen molar-refractivity contribution in [1.29, 1.82) is 0 Å². The first-order chi connectivity index (χ1) is 12.6. The molecule has 1 aliphatic rings. The molecule has 4 nitrogen and oxygen atoms in total. The number of carbonyl (C=O) groups is 1. The van der Waals surface area contributed by atoms with Gasteiger partial charge in [0.15, 0.2) is 0 Å². The molecule has 1 amide bonds. The summed E-state index contributed by atoms with van der Waals surface area (Å²) in [6.07, 6.45) is 3.10. The minimum Gasteiger partial charge on any atom is -0.334 e. The highest BCUT2D eigenvalue weighted by molar-refractivity contribution is 5.96. The van der Waals surface area contributed by atoms with Crippen molar-refractivity contribution in [2.75, 3.05) is 6.54 Å². The molecule has 0 unspecified atom stereocenters. The lowest BCUT2D eigenvalue weighted by Gasteiger charge is -2.27. The molecule has 26 heavy (non-hydrogen) atoms. The van der Waals surface area contributed by atoms with Crippen LogP contribution in [0.15, 0.2) is 48.7 Å². The average Bonchev–Trinajstić information content (AvgIpc) is 3.12. The van der Waals surface area contributed by atoms with Crippen LogP contribution in [0.5, 0.6) is 0 Å². The zero-order chi connectivity index (χ0) is 18.1. The molecular formula is C21H20FN3O. The van der Waals surface area contributed by atoms with Crippen LogP contribution in [0, 0.1) is 12.7 Å². The summed E-state index contributed by atoms with van der Waals surface area (Å²) in [5.41, 5.74) is 5.27. The molecule has 1 aromatic heterocycles. The number of carbonyl (C=O) groups excluding carboxylic acids is 1. The van der Waals surface area contributed by atoms with Gasteiger partial charge >= 0.3 is 0 Å². The summed E-state index contributed by atoms with van der Waals surface area (Å²) < 4.78 is 13.9. The van der Waals surface area contributed by atoms with Crippen LogP contribution in [-0.2, 0) is 19.4 Å². The van der Waals surface area contributed by atoms with Crippen LogP contribution in [0.25, 0.3) is 0 Å². The molecule has 132 valence electrons. The molecule has 0 spiro atoms. The van der Waals surface area contributed by atoms with E-state index in [9.17, 15) is 9.18 Å². The van der Waals surface area contributed by atoms with Crippen molar-refractivity contribution in [1.82, 2.24) is 15.1 Å². The number of hydrogen-bond acceptors (Lipinski definition) is 2. The number of aromatic amines is 1. The van der Waals surface area contributed by atoms with Crippen LogP contribution >= 0.6 is 0 Å². The molecule has 5 heteroatoms. The predicted molar refractivity (Wildman–Crippen MR) is 97.4 cm³/mol. The molecule has 1 N–H and O–H groups in total. The van der Waals surface area contributed by atoms with Gasteiger partial charge < -0.3 is 4.90 Å². The van der Waals surface area contributed by atoms with Gasteiger partial charge in [0.1, 0.15) is 5.82 Å². The summed E-state index contributed by atoms with van der Waals surface area (Å²) in [4.78, 5) is 14.9. The first kappa shape index (κ1) is 16.5. The molecular weight excluding hydrogens is 329 g/mol. The van der Waals surface area contributed by atoms with E-state index in [1.807, 2.05) is 35.2 Å². The van der Waals surface area contributed by atoms with Crippen LogP contribution in [-0.4, -0.2) is 27.5 Å².